The molecule has 0 aliphatic rings. The molecule has 0 atom stereocenters. The highest BCUT2D eigenvalue weighted by atomic mass is 35.5. The molecule has 35 heavy (non-hydrogen) atoms. The molecule has 0 amide bonds. The molecule has 0 fully saturated rings. The van der Waals surface area contributed by atoms with Crippen LogP contribution in [0.4, 0.5) is 5.69 Å². The molecule has 2 N–H and O–H groups in total. The van der Waals surface area contributed by atoms with Crippen LogP contribution in [-0.2, 0) is 6.54 Å². The van der Waals surface area contributed by atoms with Gasteiger partial charge in [0.15, 0.2) is 16.6 Å². The largest absolute Gasteiger partial charge is 0.493 e. The van der Waals surface area contributed by atoms with Crippen LogP contribution in [0.15, 0.2) is 47.3 Å². The van der Waals surface area contributed by atoms with Gasteiger partial charge in [0.2, 0.25) is 0 Å². The normalized spacial score (nSPS) is 11.0. The van der Waals surface area contributed by atoms with E-state index >= 15 is 0 Å². The molecular weight excluding hydrogens is 484 g/mol. The molecule has 0 bridgehead atoms. The molecular formula is C26H33ClN4O3S. The Morgan fingerprint density at radius 3 is 2.43 bits per heavy atom. The minimum absolute atomic E-state index is 0.163. The third-order valence-electron chi connectivity index (χ3n) is 5.95. The number of benzene rings is 2. The maximum atomic E-state index is 13.0. The summed E-state index contributed by atoms with van der Waals surface area (Å²) in [5, 5.41) is 5.29. The fraction of sp³-hybridized carbons (Fsp3) is 0.385. The number of H-pyrrole nitrogens is 1. The highest BCUT2D eigenvalue weighted by Crippen LogP contribution is 2.31. The zero-order chi connectivity index (χ0) is 25.4. The van der Waals surface area contributed by atoms with E-state index in [9.17, 15) is 4.79 Å². The predicted octanol–water partition coefficient (Wildman–Crippen LogP) is 5.13. The maximum Gasteiger partial charge on any atom is 0.253 e. The Kier molecular flexibility index (Phi) is 9.77. The number of aromatic amines is 1. The Bertz CT molecular complexity index is 1210. The van der Waals surface area contributed by atoms with E-state index in [1.54, 1.807) is 20.3 Å². The summed E-state index contributed by atoms with van der Waals surface area (Å²) in [5.74, 6) is 1.17. The SMILES string of the molecule is CCN(CC)CCCN(Cc1cc2cc(OC)c(OC)cc2[nH]c1=O)C(=S)Nc1cccc(Cl)c1. The fourth-order valence-corrected chi connectivity index (χ4v) is 4.41. The number of methoxy groups -OCH3 is 2. The summed E-state index contributed by atoms with van der Waals surface area (Å²) in [6.07, 6.45) is 0.912. The minimum atomic E-state index is -0.163. The van der Waals surface area contributed by atoms with Gasteiger partial charge in [-0.15, -0.1) is 0 Å². The van der Waals surface area contributed by atoms with Crippen molar-refractivity contribution in [3.8, 4) is 11.5 Å². The van der Waals surface area contributed by atoms with E-state index in [0.717, 1.165) is 37.1 Å². The summed E-state index contributed by atoms with van der Waals surface area (Å²) in [6, 6.07) is 12.9. The van der Waals surface area contributed by atoms with Gasteiger partial charge in [-0.25, -0.2) is 0 Å². The summed E-state index contributed by atoms with van der Waals surface area (Å²) >= 11 is 11.9. The van der Waals surface area contributed by atoms with Crippen LogP contribution in [0, 0.1) is 0 Å². The van der Waals surface area contributed by atoms with Gasteiger partial charge in [-0.3, -0.25) is 4.79 Å². The first-order valence-electron chi connectivity index (χ1n) is 11.7. The van der Waals surface area contributed by atoms with Gasteiger partial charge < -0.3 is 29.6 Å². The Hall–Kier alpha value is -2.81. The van der Waals surface area contributed by atoms with Gasteiger partial charge in [0, 0.05) is 34.3 Å². The lowest BCUT2D eigenvalue weighted by Crippen LogP contribution is -2.38. The van der Waals surface area contributed by atoms with Crippen molar-refractivity contribution in [1.82, 2.24) is 14.8 Å². The Labute approximate surface area is 217 Å². The molecule has 0 saturated carbocycles. The molecule has 0 aliphatic heterocycles. The molecule has 0 saturated heterocycles. The van der Waals surface area contributed by atoms with Crippen LogP contribution < -0.4 is 20.3 Å². The molecule has 0 aliphatic carbocycles. The highest BCUT2D eigenvalue weighted by molar-refractivity contribution is 7.80. The number of ether oxygens (including phenoxy) is 2. The number of aromatic nitrogens is 1. The first-order valence-corrected chi connectivity index (χ1v) is 12.5. The predicted molar refractivity (Wildman–Crippen MR) is 148 cm³/mol. The molecule has 0 spiro atoms. The second-order valence-corrected chi connectivity index (χ2v) is 8.98. The Morgan fingerprint density at radius 1 is 1.06 bits per heavy atom. The van der Waals surface area contributed by atoms with Crippen LogP contribution in [0.1, 0.15) is 25.8 Å². The number of fused-ring (bicyclic) bond motifs is 1. The van der Waals surface area contributed by atoms with Crippen molar-refractivity contribution < 1.29 is 9.47 Å². The number of anilines is 1. The van der Waals surface area contributed by atoms with E-state index in [-0.39, 0.29) is 5.56 Å². The van der Waals surface area contributed by atoms with Gasteiger partial charge in [-0.2, -0.15) is 0 Å². The summed E-state index contributed by atoms with van der Waals surface area (Å²) in [5.41, 5.74) is 1.94. The van der Waals surface area contributed by atoms with Gasteiger partial charge in [0.25, 0.3) is 5.56 Å². The summed E-state index contributed by atoms with van der Waals surface area (Å²) in [6.45, 7) is 8.33. The van der Waals surface area contributed by atoms with Crippen LogP contribution in [0.2, 0.25) is 5.02 Å². The molecule has 9 heteroatoms. The average Bonchev–Trinajstić information content (AvgIpc) is 2.85. The number of thiocarbonyl (C=S) groups is 1. The van der Waals surface area contributed by atoms with E-state index < -0.39 is 0 Å². The Balaban J connectivity index is 1.87. The van der Waals surface area contributed by atoms with Crippen molar-refractivity contribution >= 4 is 45.5 Å². The monoisotopic (exact) mass is 516 g/mol. The lowest BCUT2D eigenvalue weighted by atomic mass is 10.1. The first-order chi connectivity index (χ1) is 16.9. The summed E-state index contributed by atoms with van der Waals surface area (Å²) in [4.78, 5) is 20.3. The van der Waals surface area contributed by atoms with Gasteiger partial charge in [0.1, 0.15) is 0 Å². The molecule has 0 unspecified atom stereocenters. The van der Waals surface area contributed by atoms with Crippen molar-refractivity contribution in [3.05, 3.63) is 63.4 Å². The van der Waals surface area contributed by atoms with Gasteiger partial charge >= 0.3 is 0 Å². The second-order valence-electron chi connectivity index (χ2n) is 8.16. The first kappa shape index (κ1) is 26.8. The maximum absolute atomic E-state index is 13.0. The van der Waals surface area contributed by atoms with Crippen LogP contribution in [0.3, 0.4) is 0 Å². The number of hydrogen-bond donors (Lipinski definition) is 2. The van der Waals surface area contributed by atoms with E-state index in [0.29, 0.717) is 45.8 Å². The quantitative estimate of drug-likeness (QED) is 0.342. The van der Waals surface area contributed by atoms with E-state index in [2.05, 4.69) is 29.0 Å². The average molecular weight is 517 g/mol. The molecule has 1 heterocycles. The van der Waals surface area contributed by atoms with E-state index in [1.807, 2.05) is 41.3 Å². The summed E-state index contributed by atoms with van der Waals surface area (Å²) < 4.78 is 10.8. The van der Waals surface area contributed by atoms with Crippen molar-refractivity contribution in [2.24, 2.45) is 0 Å². The van der Waals surface area contributed by atoms with Crippen LogP contribution in [0.5, 0.6) is 11.5 Å². The zero-order valence-corrected chi connectivity index (χ0v) is 22.3. The van der Waals surface area contributed by atoms with Gasteiger partial charge in [-0.1, -0.05) is 31.5 Å². The second kappa shape index (κ2) is 12.8. The van der Waals surface area contributed by atoms with Crippen molar-refractivity contribution in [2.75, 3.05) is 45.7 Å². The fourth-order valence-electron chi connectivity index (χ4n) is 3.95. The van der Waals surface area contributed by atoms with Crippen LogP contribution in [0.25, 0.3) is 10.9 Å². The number of pyridine rings is 1. The molecule has 3 aromatic rings. The third kappa shape index (κ3) is 7.10. The van der Waals surface area contributed by atoms with Gasteiger partial charge in [0.05, 0.1) is 26.3 Å². The molecule has 7 nitrogen and oxygen atoms in total. The zero-order valence-electron chi connectivity index (χ0n) is 20.7. The standard InChI is InChI=1S/C26H33ClN4O3S/c1-5-30(6-2)11-8-12-31(26(35)28-21-10-7-9-20(27)15-21)17-19-13-18-14-23(33-3)24(34-4)16-22(18)29-25(19)32/h7,9-10,13-16H,5-6,8,11-12,17H2,1-4H3,(H,28,35)(H,29,32). The lowest BCUT2D eigenvalue weighted by Gasteiger charge is -2.27. The van der Waals surface area contributed by atoms with Gasteiger partial charge in [-0.05, 0) is 68.6 Å². The molecule has 1 aromatic heterocycles. The molecule has 3 rings (SSSR count). The Morgan fingerprint density at radius 2 is 1.77 bits per heavy atom. The summed E-state index contributed by atoms with van der Waals surface area (Å²) in [7, 11) is 3.16. The van der Waals surface area contributed by atoms with E-state index in [1.165, 1.54) is 0 Å². The van der Waals surface area contributed by atoms with Crippen molar-refractivity contribution in [1.29, 1.82) is 0 Å². The molecule has 0 radical (unpaired) electrons. The number of nitrogens with zero attached hydrogens (tertiary/aromatic N) is 2. The van der Waals surface area contributed by atoms with Crippen LogP contribution >= 0.6 is 23.8 Å². The minimum Gasteiger partial charge on any atom is -0.493 e. The van der Waals surface area contributed by atoms with Crippen LogP contribution in [-0.4, -0.2) is 60.3 Å². The number of hydrogen-bond acceptors (Lipinski definition) is 5. The third-order valence-corrected chi connectivity index (χ3v) is 6.54. The van der Waals surface area contributed by atoms with Crippen molar-refractivity contribution in [2.45, 2.75) is 26.8 Å². The highest BCUT2D eigenvalue weighted by Gasteiger charge is 2.16. The smallest absolute Gasteiger partial charge is 0.253 e. The topological polar surface area (TPSA) is 69.8 Å². The molecule has 188 valence electrons. The number of nitrogens with one attached hydrogen (secondary N) is 2. The molecule has 2 aromatic carbocycles. The van der Waals surface area contributed by atoms with E-state index in [4.69, 9.17) is 33.3 Å². The van der Waals surface area contributed by atoms with Crippen molar-refractivity contribution in [3.63, 3.8) is 0 Å². The lowest BCUT2D eigenvalue weighted by molar-refractivity contribution is 0.281. The number of halogens is 1. The number of rotatable bonds is 11.